The molecule has 17 heteroatoms. The summed E-state index contributed by atoms with van der Waals surface area (Å²) in [6.45, 7) is 1.35. The highest BCUT2D eigenvalue weighted by Crippen LogP contribution is 2.39. The fourth-order valence-electron chi connectivity index (χ4n) is 6.91. The first-order chi connectivity index (χ1) is 28.1. The van der Waals surface area contributed by atoms with Gasteiger partial charge in [0.15, 0.2) is 0 Å². The van der Waals surface area contributed by atoms with E-state index in [0.29, 0.717) is 42.8 Å². The maximum Gasteiger partial charge on any atom is 0.501 e. The molecule has 0 radical (unpaired) electrons. The number of anilines is 2. The standard InChI is InChI=1S/C42H42ClF3N4O6S3/c43-31-14-10-28(11-15-31)36-8-4-5-9-37(36)40(51)29-21-24-50(25-22-29)33-16-12-30(13-17-33)41(52)49-59(55,56)35-18-19-38(39(26-35)58(53,54)42(44,45)46)48-32(20-23-47)27-57-34-6-2-1-3-7-34/h1-19,26,29,32,40,48,51H,20-25,27,47H2,(H,49,52)/t32?,40-/m0/s1. The number of nitrogens with one attached hydrogen (secondary N) is 2. The maximum atomic E-state index is 13.9. The van der Waals surface area contributed by atoms with E-state index < -0.39 is 58.9 Å². The topological polar surface area (TPSA) is 159 Å². The fourth-order valence-corrected chi connectivity index (χ4v) is 10.0. The van der Waals surface area contributed by atoms with Gasteiger partial charge in [-0.25, -0.2) is 21.6 Å². The molecule has 5 N–H and O–H groups in total. The Bertz CT molecular complexity index is 2450. The van der Waals surface area contributed by atoms with E-state index in [-0.39, 0.29) is 24.4 Å². The summed E-state index contributed by atoms with van der Waals surface area (Å²) in [5.74, 6) is -0.775. The number of thioether (sulfide) groups is 1. The fraction of sp³-hybridized carbons (Fsp3) is 0.262. The molecular formula is C42H42ClF3N4O6S3. The number of carbonyl (C=O) groups excluding carboxylic acids is 1. The highest BCUT2D eigenvalue weighted by atomic mass is 35.5. The van der Waals surface area contributed by atoms with Gasteiger partial charge in [0.1, 0.15) is 4.90 Å². The van der Waals surface area contributed by atoms with Crippen molar-refractivity contribution in [2.45, 2.75) is 51.6 Å². The van der Waals surface area contributed by atoms with Crippen molar-refractivity contribution in [2.24, 2.45) is 11.7 Å². The van der Waals surface area contributed by atoms with E-state index in [0.717, 1.165) is 39.4 Å². The van der Waals surface area contributed by atoms with Crippen LogP contribution in [0.3, 0.4) is 0 Å². The molecule has 1 aliphatic rings. The van der Waals surface area contributed by atoms with Gasteiger partial charge in [0.05, 0.1) is 16.7 Å². The van der Waals surface area contributed by atoms with E-state index in [2.05, 4.69) is 10.2 Å². The first-order valence-corrected chi connectivity index (χ1v) is 23.0. The molecule has 6 rings (SSSR count). The summed E-state index contributed by atoms with van der Waals surface area (Å²) in [7, 11) is -10.9. The number of halogens is 4. The van der Waals surface area contributed by atoms with Crippen LogP contribution in [-0.2, 0) is 19.9 Å². The molecule has 1 fully saturated rings. The van der Waals surface area contributed by atoms with Crippen LogP contribution < -0.4 is 20.7 Å². The first kappa shape index (κ1) is 44.0. The lowest BCUT2D eigenvalue weighted by atomic mass is 9.84. The Labute approximate surface area is 350 Å². The molecule has 2 atom stereocenters. The van der Waals surface area contributed by atoms with E-state index in [1.54, 1.807) is 12.1 Å². The SMILES string of the molecule is NCCC(CSc1ccccc1)Nc1ccc(S(=O)(=O)NC(=O)c2ccc(N3CCC([C@H](O)c4ccccc4-c4ccc(Cl)cc4)CC3)cc2)cc1S(=O)(=O)C(F)(F)F. The number of carbonyl (C=O) groups is 1. The van der Waals surface area contributed by atoms with Crippen LogP contribution in [0.2, 0.25) is 5.02 Å². The number of hydrogen-bond donors (Lipinski definition) is 4. The molecular weight excluding hydrogens is 845 g/mol. The first-order valence-electron chi connectivity index (χ1n) is 18.6. The van der Waals surface area contributed by atoms with Crippen molar-refractivity contribution in [1.29, 1.82) is 0 Å². The zero-order valence-electron chi connectivity index (χ0n) is 31.5. The van der Waals surface area contributed by atoms with Gasteiger partial charge in [0, 0.05) is 46.1 Å². The normalized spacial score (nSPS) is 15.1. The minimum Gasteiger partial charge on any atom is -0.388 e. The minimum atomic E-state index is -6.05. The van der Waals surface area contributed by atoms with E-state index in [1.165, 1.54) is 23.9 Å². The molecule has 5 aromatic carbocycles. The van der Waals surface area contributed by atoms with Crippen LogP contribution in [0.25, 0.3) is 11.1 Å². The monoisotopic (exact) mass is 886 g/mol. The Kier molecular flexibility index (Phi) is 14.0. The van der Waals surface area contributed by atoms with Crippen molar-refractivity contribution >= 4 is 60.5 Å². The van der Waals surface area contributed by atoms with Crippen LogP contribution in [0.1, 0.15) is 41.3 Å². The number of sulfone groups is 1. The third-order valence-electron chi connectivity index (χ3n) is 10.1. The lowest BCUT2D eigenvalue weighted by Gasteiger charge is -2.36. The van der Waals surface area contributed by atoms with Gasteiger partial charge in [0.2, 0.25) is 0 Å². The number of amides is 1. The van der Waals surface area contributed by atoms with Gasteiger partial charge in [0.25, 0.3) is 25.8 Å². The highest BCUT2D eigenvalue weighted by Gasteiger charge is 2.48. The largest absolute Gasteiger partial charge is 0.501 e. The summed E-state index contributed by atoms with van der Waals surface area (Å²) in [6.07, 6.45) is 0.920. The molecule has 5 aromatic rings. The molecule has 0 saturated carbocycles. The average molecular weight is 887 g/mol. The molecule has 0 spiro atoms. The Morgan fingerprint density at radius 1 is 0.881 bits per heavy atom. The third-order valence-corrected chi connectivity index (χ3v) is 14.4. The third kappa shape index (κ3) is 10.6. The second-order valence-electron chi connectivity index (χ2n) is 14.0. The molecule has 0 bridgehead atoms. The molecule has 1 heterocycles. The summed E-state index contributed by atoms with van der Waals surface area (Å²) in [5, 5.41) is 14.9. The second kappa shape index (κ2) is 18.8. The van der Waals surface area contributed by atoms with E-state index in [4.69, 9.17) is 17.3 Å². The van der Waals surface area contributed by atoms with Crippen molar-refractivity contribution < 1.29 is 39.9 Å². The van der Waals surface area contributed by atoms with Crippen LogP contribution in [-0.4, -0.2) is 64.8 Å². The zero-order chi connectivity index (χ0) is 42.4. The minimum absolute atomic E-state index is 0.0162. The molecule has 1 amide bonds. The van der Waals surface area contributed by atoms with Crippen LogP contribution >= 0.6 is 23.4 Å². The van der Waals surface area contributed by atoms with Crippen molar-refractivity contribution in [3.05, 3.63) is 137 Å². The summed E-state index contributed by atoms with van der Waals surface area (Å²) < 4.78 is 95.9. The zero-order valence-corrected chi connectivity index (χ0v) is 34.7. The number of sulfonamides is 1. The van der Waals surface area contributed by atoms with Crippen LogP contribution in [0.5, 0.6) is 0 Å². The molecule has 59 heavy (non-hydrogen) atoms. The number of benzene rings is 5. The van der Waals surface area contributed by atoms with Gasteiger partial charge >= 0.3 is 5.51 Å². The van der Waals surface area contributed by atoms with Gasteiger partial charge in [-0.1, -0.05) is 66.2 Å². The highest BCUT2D eigenvalue weighted by molar-refractivity contribution is 7.99. The number of aliphatic hydroxyl groups excluding tert-OH is 1. The molecule has 1 saturated heterocycles. The Balaban J connectivity index is 1.12. The lowest BCUT2D eigenvalue weighted by Crippen LogP contribution is -2.36. The predicted molar refractivity (Wildman–Crippen MR) is 226 cm³/mol. The van der Waals surface area contributed by atoms with Gasteiger partial charge in [-0.05, 0) is 115 Å². The van der Waals surface area contributed by atoms with E-state index >= 15 is 0 Å². The van der Waals surface area contributed by atoms with Crippen molar-refractivity contribution in [2.75, 3.05) is 35.6 Å². The van der Waals surface area contributed by atoms with Crippen LogP contribution in [0.4, 0.5) is 24.5 Å². The smallest absolute Gasteiger partial charge is 0.388 e. The van der Waals surface area contributed by atoms with Gasteiger partial charge in [-0.15, -0.1) is 11.8 Å². The molecule has 0 aromatic heterocycles. The number of hydrogen-bond acceptors (Lipinski definition) is 10. The van der Waals surface area contributed by atoms with Crippen molar-refractivity contribution in [1.82, 2.24) is 4.72 Å². The maximum absolute atomic E-state index is 13.9. The van der Waals surface area contributed by atoms with Crippen molar-refractivity contribution in [3.8, 4) is 11.1 Å². The molecule has 10 nitrogen and oxygen atoms in total. The van der Waals surface area contributed by atoms with E-state index in [9.17, 15) is 39.9 Å². The second-order valence-corrected chi connectivity index (χ2v) is 19.1. The van der Waals surface area contributed by atoms with Crippen LogP contribution in [0, 0.1) is 5.92 Å². The average Bonchev–Trinajstić information content (AvgIpc) is 3.23. The number of aliphatic hydroxyl groups is 1. The number of rotatable bonds is 15. The van der Waals surface area contributed by atoms with Crippen LogP contribution in [0.15, 0.2) is 136 Å². The molecule has 1 unspecified atom stereocenters. The van der Waals surface area contributed by atoms with Crippen molar-refractivity contribution in [3.63, 3.8) is 0 Å². The summed E-state index contributed by atoms with van der Waals surface area (Å²) in [5.41, 5.74) is 2.94. The van der Waals surface area contributed by atoms with Gasteiger partial charge < -0.3 is 21.1 Å². The van der Waals surface area contributed by atoms with Gasteiger partial charge in [-0.2, -0.15) is 13.2 Å². The Morgan fingerprint density at radius 2 is 1.53 bits per heavy atom. The molecule has 1 aliphatic heterocycles. The summed E-state index contributed by atoms with van der Waals surface area (Å²) >= 11 is 7.46. The lowest BCUT2D eigenvalue weighted by molar-refractivity contribution is -0.0435. The number of piperidine rings is 1. The van der Waals surface area contributed by atoms with Gasteiger partial charge in [-0.3, -0.25) is 4.79 Å². The van der Waals surface area contributed by atoms with E-state index in [1.807, 2.05) is 83.6 Å². The predicted octanol–water partition coefficient (Wildman–Crippen LogP) is 8.29. The number of nitrogens with zero attached hydrogens (tertiary/aromatic N) is 1. The Hall–Kier alpha value is -4.58. The summed E-state index contributed by atoms with van der Waals surface area (Å²) in [6, 6.07) is 32.1. The molecule has 0 aliphatic carbocycles. The summed E-state index contributed by atoms with van der Waals surface area (Å²) in [4.78, 5) is 14.0. The molecule has 312 valence electrons. The number of nitrogens with two attached hydrogens (primary N) is 1. The Morgan fingerprint density at radius 3 is 2.17 bits per heavy atom. The number of alkyl halides is 3. The quantitative estimate of drug-likeness (QED) is 0.0754.